The molecule has 2 aliphatic rings. The molecule has 2 N–H and O–H groups in total. The lowest BCUT2D eigenvalue weighted by Gasteiger charge is -2.05. The Labute approximate surface area is 177 Å². The van der Waals surface area contributed by atoms with Crippen LogP contribution in [0.2, 0.25) is 0 Å². The molecule has 3 aromatic heterocycles. The molecule has 0 radical (unpaired) electrons. The minimum Gasteiger partial charge on any atom is -0.345 e. The number of imidazole rings is 1. The van der Waals surface area contributed by atoms with E-state index in [2.05, 4.69) is 26.3 Å². The first-order valence-electron chi connectivity index (χ1n) is 9.56. The fourth-order valence-electron chi connectivity index (χ4n) is 4.45. The molecule has 8 heteroatoms. The summed E-state index contributed by atoms with van der Waals surface area (Å²) in [7, 11) is 0. The molecule has 2 aliphatic heterocycles. The Balaban J connectivity index is 0.00000193. The van der Waals surface area contributed by atoms with Gasteiger partial charge in [0.1, 0.15) is 5.65 Å². The molecule has 0 unspecified atom stereocenters. The Morgan fingerprint density at radius 2 is 1.87 bits per heavy atom. The Kier molecular flexibility index (Phi) is 4.23. The number of carbonyl (C=O) groups excluding carboxylic acids is 2. The fourth-order valence-corrected chi connectivity index (χ4v) is 4.45. The lowest BCUT2D eigenvalue weighted by molar-refractivity contribution is -0.122. The quantitative estimate of drug-likeness (QED) is 0.489. The van der Waals surface area contributed by atoms with E-state index in [0.717, 1.165) is 41.7 Å². The molecule has 0 saturated carbocycles. The van der Waals surface area contributed by atoms with Gasteiger partial charge in [-0.15, -0.1) is 12.4 Å². The van der Waals surface area contributed by atoms with Crippen molar-refractivity contribution in [1.29, 1.82) is 0 Å². The number of carbonyl (C=O) groups is 2. The van der Waals surface area contributed by atoms with Gasteiger partial charge in [0.15, 0.2) is 0 Å². The molecule has 0 spiro atoms. The lowest BCUT2D eigenvalue weighted by atomic mass is 9.98. The fraction of sp³-hybridized carbons (Fsp3) is 0.136. The molecule has 1 aromatic carbocycles. The molecule has 5 heterocycles. The normalized spacial score (nSPS) is 16.1. The van der Waals surface area contributed by atoms with Gasteiger partial charge in [-0.05, 0) is 17.7 Å². The molecule has 0 bridgehead atoms. The van der Waals surface area contributed by atoms with Gasteiger partial charge >= 0.3 is 0 Å². The van der Waals surface area contributed by atoms with Crippen molar-refractivity contribution < 1.29 is 9.59 Å². The largest absolute Gasteiger partial charge is 0.345 e. The smallest absolute Gasteiger partial charge is 0.261 e. The van der Waals surface area contributed by atoms with E-state index in [-0.39, 0.29) is 24.2 Å². The van der Waals surface area contributed by atoms with Crippen molar-refractivity contribution >= 4 is 51.9 Å². The number of amides is 2. The summed E-state index contributed by atoms with van der Waals surface area (Å²) in [6, 6.07) is 11.8. The van der Waals surface area contributed by atoms with E-state index < -0.39 is 0 Å². The van der Waals surface area contributed by atoms with Crippen LogP contribution in [0.3, 0.4) is 0 Å². The summed E-state index contributed by atoms with van der Waals surface area (Å²) in [5.74, 6) is -0.753. The van der Waals surface area contributed by atoms with Gasteiger partial charge in [-0.2, -0.15) is 0 Å². The number of hydrogen-bond acceptors (Lipinski definition) is 4. The Bertz CT molecular complexity index is 1380. The average Bonchev–Trinajstić information content (AvgIpc) is 3.33. The van der Waals surface area contributed by atoms with Gasteiger partial charge < -0.3 is 9.88 Å². The molecule has 30 heavy (non-hydrogen) atoms. The molecule has 0 aliphatic carbocycles. The summed E-state index contributed by atoms with van der Waals surface area (Å²) in [5, 5.41) is 6.89. The summed E-state index contributed by atoms with van der Waals surface area (Å²) < 4.78 is 4.01. The van der Waals surface area contributed by atoms with Crippen molar-refractivity contribution in [2.45, 2.75) is 13.1 Å². The molecule has 7 nitrogen and oxygen atoms in total. The Morgan fingerprint density at radius 1 is 1.00 bits per heavy atom. The lowest BCUT2D eigenvalue weighted by Crippen LogP contribution is -2.23. The Morgan fingerprint density at radius 3 is 2.77 bits per heavy atom. The van der Waals surface area contributed by atoms with Crippen LogP contribution in [-0.4, -0.2) is 32.3 Å². The standard InChI is InChI=1S/C22H17N5O2.ClH/c28-21-18(15-12-26-9-7-23-10-13-4-3-5-14(15)20(13)26)19(22(29)25-21)16-11-24-17-6-1-2-8-27(16)17;/h1-6,8,11-12,23H,7,9-10H2,(H,25,28,29);1H. The van der Waals surface area contributed by atoms with Gasteiger partial charge in [0.05, 0.1) is 28.6 Å². The third-order valence-electron chi connectivity index (χ3n) is 5.70. The van der Waals surface area contributed by atoms with Gasteiger partial charge in [0, 0.05) is 43.0 Å². The van der Waals surface area contributed by atoms with Crippen molar-refractivity contribution in [2.24, 2.45) is 0 Å². The zero-order valence-electron chi connectivity index (χ0n) is 15.9. The number of imide groups is 1. The maximum Gasteiger partial charge on any atom is 0.261 e. The topological polar surface area (TPSA) is 80.4 Å². The molecule has 0 saturated heterocycles. The molecule has 0 fully saturated rings. The predicted octanol–water partition coefficient (Wildman–Crippen LogP) is 2.38. The van der Waals surface area contributed by atoms with Crippen LogP contribution in [0.4, 0.5) is 0 Å². The third kappa shape index (κ3) is 2.52. The van der Waals surface area contributed by atoms with Crippen LogP contribution in [0, 0.1) is 0 Å². The van der Waals surface area contributed by atoms with Crippen molar-refractivity contribution in [3.63, 3.8) is 0 Å². The first kappa shape index (κ1) is 18.6. The maximum atomic E-state index is 12.9. The molecule has 150 valence electrons. The second-order valence-electron chi connectivity index (χ2n) is 7.33. The van der Waals surface area contributed by atoms with Crippen LogP contribution >= 0.6 is 12.4 Å². The number of hydrogen-bond donors (Lipinski definition) is 2. The minimum absolute atomic E-state index is 0. The van der Waals surface area contributed by atoms with Crippen LogP contribution in [-0.2, 0) is 22.7 Å². The second-order valence-corrected chi connectivity index (χ2v) is 7.33. The number of nitrogens with zero attached hydrogens (tertiary/aromatic N) is 3. The monoisotopic (exact) mass is 419 g/mol. The Hall–Kier alpha value is -3.42. The molecular weight excluding hydrogens is 402 g/mol. The summed E-state index contributed by atoms with van der Waals surface area (Å²) in [6.45, 7) is 2.44. The van der Waals surface area contributed by atoms with Crippen molar-refractivity contribution in [3.05, 3.63) is 71.8 Å². The maximum absolute atomic E-state index is 12.9. The van der Waals surface area contributed by atoms with E-state index in [1.54, 1.807) is 6.20 Å². The minimum atomic E-state index is -0.388. The zero-order chi connectivity index (χ0) is 19.5. The molecular formula is C22H18ClN5O2. The molecule has 0 atom stereocenters. The van der Waals surface area contributed by atoms with Crippen LogP contribution in [0.25, 0.3) is 27.7 Å². The van der Waals surface area contributed by atoms with Crippen LogP contribution in [0.1, 0.15) is 16.8 Å². The van der Waals surface area contributed by atoms with E-state index >= 15 is 0 Å². The van der Waals surface area contributed by atoms with Crippen LogP contribution in [0.5, 0.6) is 0 Å². The van der Waals surface area contributed by atoms with E-state index in [9.17, 15) is 9.59 Å². The number of pyridine rings is 1. The average molecular weight is 420 g/mol. The third-order valence-corrected chi connectivity index (χ3v) is 5.70. The van der Waals surface area contributed by atoms with Crippen molar-refractivity contribution in [2.75, 3.05) is 6.54 Å². The van der Waals surface area contributed by atoms with Gasteiger partial charge in [0.25, 0.3) is 11.8 Å². The van der Waals surface area contributed by atoms with E-state index in [1.807, 2.05) is 47.1 Å². The summed E-state index contributed by atoms with van der Waals surface area (Å²) in [5.41, 5.74) is 5.21. The van der Waals surface area contributed by atoms with E-state index in [4.69, 9.17) is 0 Å². The predicted molar refractivity (Wildman–Crippen MR) is 116 cm³/mol. The number of para-hydroxylation sites is 1. The molecule has 6 rings (SSSR count). The van der Waals surface area contributed by atoms with Gasteiger partial charge in [-0.1, -0.05) is 24.3 Å². The first-order valence-corrected chi connectivity index (χ1v) is 9.56. The highest BCUT2D eigenvalue weighted by molar-refractivity contribution is 6.49. The molecule has 4 aromatic rings. The molecule has 2 amide bonds. The second kappa shape index (κ2) is 6.83. The van der Waals surface area contributed by atoms with Crippen LogP contribution < -0.4 is 10.6 Å². The number of fused-ring (bicyclic) bond motifs is 1. The first-order chi connectivity index (χ1) is 14.2. The van der Waals surface area contributed by atoms with Crippen molar-refractivity contribution in [3.8, 4) is 0 Å². The van der Waals surface area contributed by atoms with Gasteiger partial charge in [-0.25, -0.2) is 4.98 Å². The van der Waals surface area contributed by atoms with Crippen molar-refractivity contribution in [1.82, 2.24) is 24.6 Å². The van der Waals surface area contributed by atoms with Crippen LogP contribution in [0.15, 0.2) is 55.0 Å². The van der Waals surface area contributed by atoms with E-state index in [1.165, 1.54) is 5.56 Å². The highest BCUT2D eigenvalue weighted by atomic mass is 35.5. The summed E-state index contributed by atoms with van der Waals surface area (Å²) >= 11 is 0. The number of aromatic nitrogens is 3. The number of benzene rings is 1. The number of rotatable bonds is 2. The summed E-state index contributed by atoms with van der Waals surface area (Å²) in [6.07, 6.45) is 5.50. The van der Waals surface area contributed by atoms with Gasteiger partial charge in [-0.3, -0.25) is 19.3 Å². The van der Waals surface area contributed by atoms with E-state index in [0.29, 0.717) is 16.8 Å². The highest BCUT2D eigenvalue weighted by Crippen LogP contribution is 2.37. The number of halogens is 1. The van der Waals surface area contributed by atoms with Gasteiger partial charge in [0.2, 0.25) is 0 Å². The SMILES string of the molecule is Cl.O=C1NC(=O)C(c2cnc3ccccn23)=C1c1cn2c3c(cccc13)CNCC2. The summed E-state index contributed by atoms with van der Waals surface area (Å²) in [4.78, 5) is 30.1. The number of nitrogens with one attached hydrogen (secondary N) is 2. The zero-order valence-corrected chi connectivity index (χ0v) is 16.7. The highest BCUT2D eigenvalue weighted by Gasteiger charge is 2.35.